The van der Waals surface area contributed by atoms with Crippen molar-refractivity contribution in [2.45, 2.75) is 12.8 Å². The van der Waals surface area contributed by atoms with E-state index in [1.807, 2.05) is 12.1 Å². The van der Waals surface area contributed by atoms with Gasteiger partial charge >= 0.3 is 0 Å². The van der Waals surface area contributed by atoms with E-state index in [2.05, 4.69) is 30.2 Å². The number of ether oxygens (including phenoxy) is 1. The Bertz CT molecular complexity index is 561. The van der Waals surface area contributed by atoms with E-state index in [4.69, 9.17) is 4.74 Å². The molecule has 0 spiro atoms. The molecule has 1 fully saturated rings. The maximum absolute atomic E-state index is 5.54. The number of piperidine rings is 1. The van der Waals surface area contributed by atoms with Gasteiger partial charge in [0.05, 0.1) is 6.26 Å². The molecule has 2 nitrogen and oxygen atoms in total. The van der Waals surface area contributed by atoms with Gasteiger partial charge in [0.25, 0.3) is 0 Å². The van der Waals surface area contributed by atoms with E-state index in [0.29, 0.717) is 0 Å². The zero-order valence-corrected chi connectivity index (χ0v) is 10.1. The Balaban J connectivity index is 2.16. The van der Waals surface area contributed by atoms with Crippen LogP contribution in [-0.2, 0) is 0 Å². The first kappa shape index (κ1) is 10.6. The van der Waals surface area contributed by atoms with Gasteiger partial charge in [0.1, 0.15) is 5.75 Å². The standard InChI is InChI=1S/C15H17NO/c1-16-9-7-12(8-10-16)13-4-2-6-15-14(13)5-3-11-17-15/h2-6,11H,7-10H2,1H3. The molecule has 0 unspecified atom stereocenters. The lowest BCUT2D eigenvalue weighted by Gasteiger charge is -2.24. The zero-order valence-electron chi connectivity index (χ0n) is 10.1. The molecule has 0 bridgehead atoms. The molecule has 1 aromatic rings. The van der Waals surface area contributed by atoms with Crippen molar-refractivity contribution in [3.05, 3.63) is 41.0 Å². The fourth-order valence-corrected chi connectivity index (χ4v) is 2.53. The van der Waals surface area contributed by atoms with Crippen LogP contribution >= 0.6 is 0 Å². The molecular formula is C15H17NO. The summed E-state index contributed by atoms with van der Waals surface area (Å²) in [5.74, 6) is 0.983. The summed E-state index contributed by atoms with van der Waals surface area (Å²) in [4.78, 5) is 2.39. The van der Waals surface area contributed by atoms with E-state index in [-0.39, 0.29) is 0 Å². The average Bonchev–Trinajstić information content (AvgIpc) is 2.39. The predicted molar refractivity (Wildman–Crippen MR) is 70.1 cm³/mol. The van der Waals surface area contributed by atoms with Crippen LogP contribution in [-0.4, -0.2) is 25.0 Å². The first-order chi connectivity index (χ1) is 8.34. The minimum absolute atomic E-state index is 0.983. The summed E-state index contributed by atoms with van der Waals surface area (Å²) in [5.41, 5.74) is 1.56. The second-order valence-electron chi connectivity index (χ2n) is 4.74. The molecule has 0 aliphatic carbocycles. The maximum Gasteiger partial charge on any atom is 0.134 e. The van der Waals surface area contributed by atoms with Crippen LogP contribution in [0.3, 0.4) is 0 Å². The smallest absolute Gasteiger partial charge is 0.134 e. The van der Waals surface area contributed by atoms with E-state index in [1.165, 1.54) is 23.3 Å². The van der Waals surface area contributed by atoms with Gasteiger partial charge in [-0.2, -0.15) is 0 Å². The second kappa shape index (κ2) is 4.38. The molecule has 3 rings (SSSR count). The minimum atomic E-state index is 0.983. The van der Waals surface area contributed by atoms with Gasteiger partial charge < -0.3 is 9.64 Å². The quantitative estimate of drug-likeness (QED) is 0.661. The summed E-state index contributed by atoms with van der Waals surface area (Å²) in [6.45, 7) is 2.32. The van der Waals surface area contributed by atoms with E-state index in [9.17, 15) is 0 Å². The highest BCUT2D eigenvalue weighted by Crippen LogP contribution is 2.14. The second-order valence-corrected chi connectivity index (χ2v) is 4.74. The van der Waals surface area contributed by atoms with Gasteiger partial charge in [-0.05, 0) is 43.3 Å². The molecule has 0 saturated carbocycles. The third-order valence-electron chi connectivity index (χ3n) is 3.57. The largest absolute Gasteiger partial charge is 0.464 e. The topological polar surface area (TPSA) is 12.5 Å². The Morgan fingerprint density at radius 3 is 2.82 bits per heavy atom. The molecule has 0 atom stereocenters. The third kappa shape index (κ3) is 2.01. The summed E-state index contributed by atoms with van der Waals surface area (Å²) in [5, 5.41) is 2.62. The number of rotatable bonds is 0. The van der Waals surface area contributed by atoms with E-state index < -0.39 is 0 Å². The highest BCUT2D eigenvalue weighted by atomic mass is 16.5. The zero-order chi connectivity index (χ0) is 11.7. The SMILES string of the molecule is CN1CCC(=c2cccc3c2=CC=CO3)CC1. The van der Waals surface area contributed by atoms with Crippen molar-refractivity contribution >= 4 is 11.6 Å². The van der Waals surface area contributed by atoms with Gasteiger partial charge in [-0.3, -0.25) is 0 Å². The Morgan fingerprint density at radius 1 is 1.18 bits per heavy atom. The highest BCUT2D eigenvalue weighted by molar-refractivity contribution is 5.53. The molecule has 2 heterocycles. The molecule has 0 aromatic heterocycles. The van der Waals surface area contributed by atoms with Gasteiger partial charge in [0, 0.05) is 18.3 Å². The van der Waals surface area contributed by atoms with Crippen molar-refractivity contribution in [1.29, 1.82) is 0 Å². The van der Waals surface area contributed by atoms with Gasteiger partial charge in [-0.1, -0.05) is 17.7 Å². The van der Waals surface area contributed by atoms with Crippen LogP contribution in [0.25, 0.3) is 11.6 Å². The van der Waals surface area contributed by atoms with Gasteiger partial charge in [0.15, 0.2) is 0 Å². The number of allylic oxidation sites excluding steroid dienone is 1. The lowest BCUT2D eigenvalue weighted by molar-refractivity contribution is 0.328. The summed E-state index contributed by atoms with van der Waals surface area (Å²) < 4.78 is 5.54. The lowest BCUT2D eigenvalue weighted by atomic mass is 9.99. The first-order valence-corrected chi connectivity index (χ1v) is 6.18. The Hall–Kier alpha value is -1.54. The fourth-order valence-electron chi connectivity index (χ4n) is 2.53. The molecule has 2 aliphatic rings. The minimum Gasteiger partial charge on any atom is -0.464 e. The summed E-state index contributed by atoms with van der Waals surface area (Å²) in [6.07, 6.45) is 8.21. The Morgan fingerprint density at radius 2 is 2.00 bits per heavy atom. The average molecular weight is 227 g/mol. The fraction of sp³-hybridized carbons (Fsp3) is 0.333. The van der Waals surface area contributed by atoms with Crippen LogP contribution in [0.5, 0.6) is 5.75 Å². The van der Waals surface area contributed by atoms with Gasteiger partial charge in [0.2, 0.25) is 0 Å². The molecule has 1 aromatic carbocycles. The Kier molecular flexibility index (Phi) is 2.73. The summed E-state index contributed by atoms with van der Waals surface area (Å²) >= 11 is 0. The number of hydrogen-bond acceptors (Lipinski definition) is 2. The molecule has 2 heteroatoms. The van der Waals surface area contributed by atoms with Gasteiger partial charge in [-0.15, -0.1) is 0 Å². The number of benzene rings is 1. The van der Waals surface area contributed by atoms with Crippen LogP contribution < -0.4 is 15.2 Å². The van der Waals surface area contributed by atoms with Crippen molar-refractivity contribution in [1.82, 2.24) is 4.90 Å². The van der Waals surface area contributed by atoms with Crippen molar-refractivity contribution in [3.63, 3.8) is 0 Å². The highest BCUT2D eigenvalue weighted by Gasteiger charge is 2.11. The number of likely N-dealkylation sites (tertiary alicyclic amines) is 1. The molecule has 17 heavy (non-hydrogen) atoms. The van der Waals surface area contributed by atoms with Gasteiger partial charge in [-0.25, -0.2) is 0 Å². The van der Waals surface area contributed by atoms with Crippen LogP contribution in [0, 0.1) is 0 Å². The van der Waals surface area contributed by atoms with Crippen molar-refractivity contribution in [3.8, 4) is 5.75 Å². The van der Waals surface area contributed by atoms with E-state index in [1.54, 1.807) is 11.8 Å². The predicted octanol–water partition coefficient (Wildman–Crippen LogP) is 1.25. The van der Waals surface area contributed by atoms with Crippen LogP contribution in [0.1, 0.15) is 12.8 Å². The molecule has 0 N–H and O–H groups in total. The third-order valence-corrected chi connectivity index (χ3v) is 3.57. The van der Waals surface area contributed by atoms with Crippen LogP contribution in [0.4, 0.5) is 0 Å². The van der Waals surface area contributed by atoms with E-state index in [0.717, 1.165) is 18.8 Å². The summed E-state index contributed by atoms with van der Waals surface area (Å²) in [7, 11) is 2.19. The number of hydrogen-bond donors (Lipinski definition) is 0. The van der Waals surface area contributed by atoms with Crippen molar-refractivity contribution in [2.24, 2.45) is 0 Å². The molecule has 1 saturated heterocycles. The normalized spacial score (nSPS) is 19.5. The maximum atomic E-state index is 5.54. The summed E-state index contributed by atoms with van der Waals surface area (Å²) in [6, 6.07) is 6.35. The molecular weight excluding hydrogens is 210 g/mol. The first-order valence-electron chi connectivity index (χ1n) is 6.18. The monoisotopic (exact) mass is 227 g/mol. The lowest BCUT2D eigenvalue weighted by Crippen LogP contribution is -2.34. The molecule has 88 valence electrons. The van der Waals surface area contributed by atoms with Crippen molar-refractivity contribution < 1.29 is 4.74 Å². The molecule has 2 aliphatic heterocycles. The van der Waals surface area contributed by atoms with E-state index >= 15 is 0 Å². The number of fused-ring (bicyclic) bond motifs is 1. The molecule has 0 radical (unpaired) electrons. The Labute approximate surface area is 102 Å². The van der Waals surface area contributed by atoms with Crippen LogP contribution in [0.2, 0.25) is 0 Å². The van der Waals surface area contributed by atoms with Crippen molar-refractivity contribution in [2.75, 3.05) is 20.1 Å². The number of nitrogens with zero attached hydrogens (tertiary/aromatic N) is 1. The molecule has 0 amide bonds. The van der Waals surface area contributed by atoms with Crippen LogP contribution in [0.15, 0.2) is 30.5 Å².